The molecule has 21 heteroatoms. The molecule has 0 aliphatic carbocycles. The van der Waals surface area contributed by atoms with Crippen LogP contribution in [0.5, 0.6) is 0 Å². The molecule has 0 unspecified atom stereocenters. The maximum atomic E-state index is 12.2. The number of anilines is 2. The molecule has 0 saturated carbocycles. The van der Waals surface area contributed by atoms with Crippen LogP contribution in [-0.2, 0) is 12.8 Å². The monoisotopic (exact) mass is 662 g/mol. The summed E-state index contributed by atoms with van der Waals surface area (Å²) in [7, 11) is 0. The second kappa shape index (κ2) is 17.8. The molecule has 0 fully saturated rings. The Morgan fingerprint density at radius 2 is 1.14 bits per heavy atom. The fraction of sp³-hybridized carbons (Fsp3) is 0.571. The van der Waals surface area contributed by atoms with E-state index >= 15 is 0 Å². The van der Waals surface area contributed by atoms with Gasteiger partial charge in [-0.2, -0.15) is 26.3 Å². The molecule has 0 amide bonds. The van der Waals surface area contributed by atoms with Crippen molar-refractivity contribution < 1.29 is 26.3 Å². The third-order valence-corrected chi connectivity index (χ3v) is 6.62. The second-order valence-electron chi connectivity index (χ2n) is 8.52. The van der Waals surface area contributed by atoms with Gasteiger partial charge in [-0.05, 0) is 50.7 Å². The number of thiocarbonyl (C=S) groups is 1. The van der Waals surface area contributed by atoms with E-state index in [2.05, 4.69) is 52.3 Å². The minimum absolute atomic E-state index is 0.340. The Kier molecular flexibility index (Phi) is 14.9. The van der Waals surface area contributed by atoms with Crippen molar-refractivity contribution in [1.29, 1.82) is 0 Å². The van der Waals surface area contributed by atoms with Gasteiger partial charge in [0.1, 0.15) is 13.1 Å². The Hall–Kier alpha value is -3.01. The number of hydrogen-bond donors (Lipinski definition) is 8. The fourth-order valence-corrected chi connectivity index (χ4v) is 4.61. The van der Waals surface area contributed by atoms with Crippen molar-refractivity contribution >= 4 is 62.2 Å². The zero-order chi connectivity index (χ0) is 31.0. The van der Waals surface area contributed by atoms with Crippen LogP contribution in [0.1, 0.15) is 37.1 Å². The molecule has 0 radical (unpaired) electrons. The number of hydrogen-bond acceptors (Lipinski definition) is 9. The number of nitrogens with two attached hydrogens (primary N) is 2. The zero-order valence-electron chi connectivity index (χ0n) is 22.2. The Morgan fingerprint density at radius 3 is 1.52 bits per heavy atom. The van der Waals surface area contributed by atoms with Gasteiger partial charge in [0.2, 0.25) is 0 Å². The Labute approximate surface area is 251 Å². The number of halogens is 6. The van der Waals surface area contributed by atoms with Gasteiger partial charge < -0.3 is 22.1 Å². The fourth-order valence-electron chi connectivity index (χ4n) is 2.96. The molecule has 42 heavy (non-hydrogen) atoms. The second-order valence-corrected chi connectivity index (χ2v) is 10.6. The van der Waals surface area contributed by atoms with Crippen molar-refractivity contribution in [2.45, 2.75) is 50.9 Å². The average molecular weight is 663 g/mol. The number of aryl methyl sites for hydroxylation is 2. The van der Waals surface area contributed by atoms with E-state index in [1.165, 1.54) is 22.7 Å². The van der Waals surface area contributed by atoms with E-state index in [0.29, 0.717) is 41.3 Å². The van der Waals surface area contributed by atoms with Crippen molar-refractivity contribution in [1.82, 2.24) is 31.7 Å². The highest BCUT2D eigenvalue weighted by Gasteiger charge is 2.27. The summed E-state index contributed by atoms with van der Waals surface area (Å²) in [5.74, 6) is -0.679. The summed E-state index contributed by atoms with van der Waals surface area (Å²) in [6.45, 7) is -1.44. The minimum atomic E-state index is -4.42. The quantitative estimate of drug-likeness (QED) is 0.0332. The van der Waals surface area contributed by atoms with E-state index in [1.807, 2.05) is 0 Å². The van der Waals surface area contributed by atoms with Crippen LogP contribution < -0.4 is 43.8 Å². The lowest BCUT2D eigenvalue weighted by Gasteiger charge is -2.12. The van der Waals surface area contributed by atoms with Crippen molar-refractivity contribution in [3.05, 3.63) is 22.1 Å². The largest absolute Gasteiger partial charge is 0.408 e. The molecule has 0 atom stereocenters. The number of aliphatic imine (C=N–C) groups is 2. The van der Waals surface area contributed by atoms with Crippen molar-refractivity contribution in [3.8, 4) is 0 Å². The van der Waals surface area contributed by atoms with Crippen molar-refractivity contribution in [3.63, 3.8) is 0 Å². The van der Waals surface area contributed by atoms with Crippen LogP contribution in [0.25, 0.3) is 0 Å². The lowest BCUT2D eigenvalue weighted by atomic mass is 10.2. The molecule has 0 saturated heterocycles. The van der Waals surface area contributed by atoms with Crippen LogP contribution in [0.2, 0.25) is 0 Å². The van der Waals surface area contributed by atoms with Gasteiger partial charge in [0.05, 0.1) is 11.4 Å². The third kappa shape index (κ3) is 17.1. The van der Waals surface area contributed by atoms with Crippen molar-refractivity contribution in [2.24, 2.45) is 21.5 Å². The molecular weight excluding hydrogens is 631 g/mol. The van der Waals surface area contributed by atoms with Crippen LogP contribution in [0.15, 0.2) is 20.7 Å². The summed E-state index contributed by atoms with van der Waals surface area (Å²) in [6, 6.07) is 0. The number of nitrogens with one attached hydrogen (secondary N) is 6. The van der Waals surface area contributed by atoms with Gasteiger partial charge in [0, 0.05) is 23.8 Å². The normalized spacial score (nSPS) is 12.8. The van der Waals surface area contributed by atoms with Gasteiger partial charge in [-0.3, -0.25) is 10.9 Å². The summed E-state index contributed by atoms with van der Waals surface area (Å²) >= 11 is 7.64. The first kappa shape index (κ1) is 35.2. The molecular formula is C21H32F6N12S3. The number of thiazole rings is 2. The van der Waals surface area contributed by atoms with Gasteiger partial charge >= 0.3 is 12.4 Å². The number of unbranched alkanes of at least 4 members (excludes halogenated alkanes) is 2. The van der Waals surface area contributed by atoms with Gasteiger partial charge in [-0.15, -0.1) is 22.7 Å². The number of aromatic nitrogens is 2. The number of hydrazine groups is 2. The van der Waals surface area contributed by atoms with Crippen LogP contribution in [0, 0.1) is 0 Å². The molecule has 10 N–H and O–H groups in total. The first-order valence-corrected chi connectivity index (χ1v) is 14.6. The van der Waals surface area contributed by atoms with Gasteiger partial charge in [-0.1, -0.05) is 0 Å². The molecule has 0 aliphatic heterocycles. The predicted molar refractivity (Wildman–Crippen MR) is 157 cm³/mol. The van der Waals surface area contributed by atoms with Gasteiger partial charge in [0.15, 0.2) is 27.3 Å². The Balaban J connectivity index is 1.47. The summed E-state index contributed by atoms with van der Waals surface area (Å²) in [6.07, 6.45) is -4.18. The Morgan fingerprint density at radius 1 is 0.738 bits per heavy atom. The van der Waals surface area contributed by atoms with E-state index < -0.39 is 25.4 Å². The molecule has 2 heterocycles. The predicted octanol–water partition coefficient (Wildman–Crippen LogP) is 3.00. The highest BCUT2D eigenvalue weighted by atomic mass is 32.1. The molecule has 12 nitrogen and oxygen atoms in total. The van der Waals surface area contributed by atoms with Crippen LogP contribution in [0.4, 0.5) is 36.6 Å². The number of alkyl halides is 6. The van der Waals surface area contributed by atoms with Crippen LogP contribution in [-0.4, -0.2) is 65.5 Å². The highest BCUT2D eigenvalue weighted by Crippen LogP contribution is 2.19. The first-order valence-electron chi connectivity index (χ1n) is 12.5. The standard InChI is InChI=1S/C21H32F6N12S3/c22-20(23,24)11-30-15(28)36-18-34-13(9-41-18)5-1-3-7-32-38-17(40)39-33-8-4-2-6-14-10-42-19(35-14)37-16(29)31-12-21(25,26)27/h9-10,32-33H,1-8,11-12H2,(H2,38,39,40)(H3,28,30,34,36)(H3,29,31,35,37). The number of guanidine groups is 2. The average Bonchev–Trinajstić information content (AvgIpc) is 3.54. The topological polar surface area (TPSA) is 175 Å². The highest BCUT2D eigenvalue weighted by molar-refractivity contribution is 7.80. The first-order chi connectivity index (χ1) is 19.8. The molecule has 0 aliphatic rings. The molecule has 2 rings (SSSR count). The van der Waals surface area contributed by atoms with Gasteiger partial charge in [0.25, 0.3) is 0 Å². The molecule has 2 aromatic rings. The minimum Gasteiger partial charge on any atom is -0.370 e. The maximum absolute atomic E-state index is 12.2. The number of rotatable bonds is 16. The van der Waals surface area contributed by atoms with Crippen LogP contribution in [0.3, 0.4) is 0 Å². The summed E-state index contributed by atoms with van der Waals surface area (Å²) < 4.78 is 73.1. The molecule has 236 valence electrons. The van der Waals surface area contributed by atoms with E-state index in [4.69, 9.17) is 23.7 Å². The lowest BCUT2D eigenvalue weighted by molar-refractivity contribution is -0.119. The molecule has 2 aromatic heterocycles. The number of nitrogens with zero attached hydrogens (tertiary/aromatic N) is 4. The third-order valence-electron chi connectivity index (χ3n) is 4.80. The smallest absolute Gasteiger partial charge is 0.370 e. The van der Waals surface area contributed by atoms with Crippen LogP contribution >= 0.6 is 34.9 Å². The Bertz CT molecular complexity index is 1060. The van der Waals surface area contributed by atoms with E-state index in [-0.39, 0.29) is 11.9 Å². The van der Waals surface area contributed by atoms with Gasteiger partial charge in [-0.25, -0.2) is 30.8 Å². The van der Waals surface area contributed by atoms with Crippen molar-refractivity contribution in [2.75, 3.05) is 36.8 Å². The lowest BCUT2D eigenvalue weighted by Crippen LogP contribution is -2.49. The summed E-state index contributed by atoms with van der Waals surface area (Å²) in [4.78, 5) is 15.0. The van der Waals surface area contributed by atoms with E-state index in [9.17, 15) is 26.3 Å². The van der Waals surface area contributed by atoms with E-state index in [0.717, 1.165) is 37.1 Å². The summed E-state index contributed by atoms with van der Waals surface area (Å²) in [5.41, 5.74) is 24.2. The zero-order valence-corrected chi connectivity index (χ0v) is 24.6. The molecule has 0 aromatic carbocycles. The molecule has 0 bridgehead atoms. The maximum Gasteiger partial charge on any atom is 0.408 e. The molecule has 0 spiro atoms. The summed E-state index contributed by atoms with van der Waals surface area (Å²) in [5, 5.41) is 9.84. The van der Waals surface area contributed by atoms with E-state index in [1.54, 1.807) is 10.8 Å². The SMILES string of the molecule is NC(=NCC(F)(F)F)Nc1nc(CCCCNNC(=S)NNCCCCc2csc(NC(N)=NCC(F)(F)F)n2)cs1.